The van der Waals surface area contributed by atoms with Crippen molar-refractivity contribution in [3.63, 3.8) is 0 Å². The highest BCUT2D eigenvalue weighted by molar-refractivity contribution is 7.20. The van der Waals surface area contributed by atoms with Crippen molar-refractivity contribution in [1.82, 2.24) is 19.7 Å². The minimum Gasteiger partial charge on any atom is -0.380 e. The third kappa shape index (κ3) is 3.67. The van der Waals surface area contributed by atoms with E-state index in [-0.39, 0.29) is 5.91 Å². The van der Waals surface area contributed by atoms with Gasteiger partial charge >= 0.3 is 0 Å². The Morgan fingerprint density at radius 2 is 1.89 bits per heavy atom. The Kier molecular flexibility index (Phi) is 5.18. The fourth-order valence-electron chi connectivity index (χ4n) is 3.05. The Balaban J connectivity index is 1.52. The number of ether oxygens (including phenoxy) is 1. The molecule has 142 valence electrons. The summed E-state index contributed by atoms with van der Waals surface area (Å²) in [6.45, 7) is 1.03. The smallest absolute Gasteiger partial charge is 0.257 e. The van der Waals surface area contributed by atoms with Gasteiger partial charge in [0.2, 0.25) is 5.13 Å². The number of carbonyl (C=O) groups is 1. The zero-order valence-electron chi connectivity index (χ0n) is 15.7. The number of carbonyl (C=O) groups excluding carboxylic acids is 1. The molecule has 0 aliphatic rings. The summed E-state index contributed by atoms with van der Waals surface area (Å²) in [6, 6.07) is 15.9. The molecule has 0 N–H and O–H groups in total. The summed E-state index contributed by atoms with van der Waals surface area (Å²) in [4.78, 5) is 19.1. The number of nitrogens with zero attached hydrogens (tertiary/aromatic N) is 4. The van der Waals surface area contributed by atoms with E-state index in [2.05, 4.69) is 10.1 Å². The van der Waals surface area contributed by atoms with Crippen LogP contribution in [0.25, 0.3) is 15.3 Å². The van der Waals surface area contributed by atoms with Crippen LogP contribution in [0.5, 0.6) is 0 Å². The number of amides is 1. The molecular formula is C21H20N4O2S. The average Bonchev–Trinajstić information content (AvgIpc) is 3.36. The first-order valence-electron chi connectivity index (χ1n) is 8.87. The third-order valence-electron chi connectivity index (χ3n) is 4.48. The average molecular weight is 392 g/mol. The molecular weight excluding hydrogens is 372 g/mol. The molecule has 28 heavy (non-hydrogen) atoms. The summed E-state index contributed by atoms with van der Waals surface area (Å²) in [5, 5.41) is 5.08. The van der Waals surface area contributed by atoms with Crippen molar-refractivity contribution in [2.75, 3.05) is 14.2 Å². The van der Waals surface area contributed by atoms with Gasteiger partial charge in [-0.3, -0.25) is 4.79 Å². The zero-order valence-corrected chi connectivity index (χ0v) is 16.5. The third-order valence-corrected chi connectivity index (χ3v) is 5.51. The number of methoxy groups -OCH3 is 1. The van der Waals surface area contributed by atoms with E-state index in [0.29, 0.717) is 18.7 Å². The van der Waals surface area contributed by atoms with E-state index in [4.69, 9.17) is 4.74 Å². The number of hydrogen-bond acceptors (Lipinski definition) is 5. The van der Waals surface area contributed by atoms with Gasteiger partial charge in [-0.25, -0.2) is 9.67 Å². The second kappa shape index (κ2) is 7.92. The second-order valence-electron chi connectivity index (χ2n) is 6.50. The van der Waals surface area contributed by atoms with Gasteiger partial charge in [-0.05, 0) is 23.3 Å². The van der Waals surface area contributed by atoms with E-state index in [0.717, 1.165) is 26.5 Å². The van der Waals surface area contributed by atoms with E-state index < -0.39 is 0 Å². The number of aromatic nitrogens is 3. The maximum atomic E-state index is 12.9. The largest absolute Gasteiger partial charge is 0.380 e. The van der Waals surface area contributed by atoms with Crippen molar-refractivity contribution in [3.8, 4) is 5.13 Å². The molecule has 0 radical (unpaired) electrons. The second-order valence-corrected chi connectivity index (χ2v) is 7.51. The Hall–Kier alpha value is -3.03. The molecule has 4 rings (SSSR count). The van der Waals surface area contributed by atoms with Crippen molar-refractivity contribution in [3.05, 3.63) is 77.6 Å². The number of thiazole rings is 1. The number of benzene rings is 2. The lowest BCUT2D eigenvalue weighted by Crippen LogP contribution is -2.26. The summed E-state index contributed by atoms with van der Waals surface area (Å²) in [6.07, 6.45) is 3.32. The van der Waals surface area contributed by atoms with Gasteiger partial charge in [-0.15, -0.1) is 0 Å². The van der Waals surface area contributed by atoms with Gasteiger partial charge in [0.25, 0.3) is 5.91 Å². The maximum Gasteiger partial charge on any atom is 0.257 e. The molecule has 0 spiro atoms. The summed E-state index contributed by atoms with van der Waals surface area (Å²) < 4.78 is 8.00. The lowest BCUT2D eigenvalue weighted by atomic mass is 10.1. The number of fused-ring (bicyclic) bond motifs is 1. The quantitative estimate of drug-likeness (QED) is 0.499. The normalized spacial score (nSPS) is 11.1. The molecule has 0 aliphatic carbocycles. The lowest BCUT2D eigenvalue weighted by Gasteiger charge is -2.18. The number of rotatable bonds is 6. The van der Waals surface area contributed by atoms with Crippen LogP contribution < -0.4 is 0 Å². The molecule has 1 amide bonds. The first kappa shape index (κ1) is 18.3. The van der Waals surface area contributed by atoms with E-state index in [9.17, 15) is 4.79 Å². The van der Waals surface area contributed by atoms with Crippen LogP contribution in [-0.2, 0) is 17.9 Å². The fourth-order valence-corrected chi connectivity index (χ4v) is 3.95. The summed E-state index contributed by atoms with van der Waals surface area (Å²) in [7, 11) is 3.46. The molecule has 0 unspecified atom stereocenters. The SMILES string of the molecule is COCc1ccccc1CN(C)C(=O)c1cnn(-c2nc3ccccc3s2)c1. The lowest BCUT2D eigenvalue weighted by molar-refractivity contribution is 0.0783. The predicted octanol–water partition coefficient (Wildman–Crippen LogP) is 3.90. The molecule has 0 bridgehead atoms. The molecule has 0 aliphatic heterocycles. The van der Waals surface area contributed by atoms with Crippen LogP contribution in [0.4, 0.5) is 0 Å². The first-order valence-corrected chi connectivity index (χ1v) is 9.69. The summed E-state index contributed by atoms with van der Waals surface area (Å²) in [5.41, 5.74) is 3.61. The Bertz CT molecular complexity index is 1090. The topological polar surface area (TPSA) is 60.2 Å². The van der Waals surface area contributed by atoms with E-state index in [1.54, 1.807) is 47.5 Å². The van der Waals surface area contributed by atoms with Crippen molar-refractivity contribution in [1.29, 1.82) is 0 Å². The van der Waals surface area contributed by atoms with Gasteiger partial charge < -0.3 is 9.64 Å². The monoisotopic (exact) mass is 392 g/mol. The van der Waals surface area contributed by atoms with E-state index in [1.165, 1.54) is 0 Å². The Morgan fingerprint density at radius 1 is 1.14 bits per heavy atom. The first-order chi connectivity index (χ1) is 13.7. The summed E-state index contributed by atoms with van der Waals surface area (Å²) >= 11 is 1.54. The van der Waals surface area contributed by atoms with Crippen molar-refractivity contribution in [2.45, 2.75) is 13.2 Å². The predicted molar refractivity (Wildman–Crippen MR) is 110 cm³/mol. The Labute approximate surface area is 167 Å². The van der Waals surface area contributed by atoms with Crippen molar-refractivity contribution >= 4 is 27.5 Å². The van der Waals surface area contributed by atoms with Crippen LogP contribution in [0.2, 0.25) is 0 Å². The fraction of sp³-hybridized carbons (Fsp3) is 0.190. The van der Waals surface area contributed by atoms with Crippen LogP contribution in [0.3, 0.4) is 0 Å². The molecule has 0 atom stereocenters. The zero-order chi connectivity index (χ0) is 19.5. The van der Waals surface area contributed by atoms with Gasteiger partial charge in [-0.1, -0.05) is 47.7 Å². The molecule has 2 heterocycles. The van der Waals surface area contributed by atoms with Crippen molar-refractivity contribution in [2.24, 2.45) is 0 Å². The Morgan fingerprint density at radius 3 is 2.68 bits per heavy atom. The summed E-state index contributed by atoms with van der Waals surface area (Å²) in [5.74, 6) is -0.0837. The minimum absolute atomic E-state index is 0.0837. The van der Waals surface area contributed by atoms with Crippen LogP contribution >= 0.6 is 11.3 Å². The number of para-hydroxylation sites is 1. The van der Waals surface area contributed by atoms with Crippen LogP contribution in [-0.4, -0.2) is 39.7 Å². The van der Waals surface area contributed by atoms with Gasteiger partial charge in [0.15, 0.2) is 0 Å². The highest BCUT2D eigenvalue weighted by atomic mass is 32.1. The molecule has 4 aromatic rings. The van der Waals surface area contributed by atoms with Crippen molar-refractivity contribution < 1.29 is 9.53 Å². The van der Waals surface area contributed by atoms with Gasteiger partial charge in [-0.2, -0.15) is 5.10 Å². The maximum absolute atomic E-state index is 12.9. The molecule has 2 aromatic carbocycles. The molecule has 0 saturated heterocycles. The van der Waals surface area contributed by atoms with Gasteiger partial charge in [0, 0.05) is 26.9 Å². The molecule has 0 saturated carbocycles. The van der Waals surface area contributed by atoms with Crippen LogP contribution in [0.1, 0.15) is 21.5 Å². The number of hydrogen-bond donors (Lipinski definition) is 0. The van der Waals surface area contributed by atoms with Gasteiger partial charge in [0.05, 0.1) is 28.6 Å². The van der Waals surface area contributed by atoms with Crippen LogP contribution in [0, 0.1) is 0 Å². The molecule has 0 fully saturated rings. The minimum atomic E-state index is -0.0837. The van der Waals surface area contributed by atoms with Crippen LogP contribution in [0.15, 0.2) is 60.9 Å². The highest BCUT2D eigenvalue weighted by Gasteiger charge is 2.17. The highest BCUT2D eigenvalue weighted by Crippen LogP contribution is 2.24. The molecule has 6 nitrogen and oxygen atoms in total. The molecule has 2 aromatic heterocycles. The standard InChI is InChI=1S/C21H20N4O2S/c1-24(12-15-7-3-4-8-16(15)14-27-2)20(26)17-11-22-25(13-17)21-23-18-9-5-6-10-19(18)28-21/h3-11,13H,12,14H2,1-2H3. The van der Waals surface area contributed by atoms with E-state index in [1.807, 2.05) is 48.5 Å². The van der Waals surface area contributed by atoms with E-state index >= 15 is 0 Å². The van der Waals surface area contributed by atoms with Gasteiger partial charge in [0.1, 0.15) is 0 Å². The molecule has 7 heteroatoms.